The summed E-state index contributed by atoms with van der Waals surface area (Å²) >= 11 is 0. The highest BCUT2D eigenvalue weighted by Gasteiger charge is 2.17. The number of aromatic nitrogens is 4. The first-order chi connectivity index (χ1) is 14.8. The van der Waals surface area contributed by atoms with E-state index in [4.69, 9.17) is 0 Å². The molecule has 0 fully saturated rings. The van der Waals surface area contributed by atoms with E-state index in [0.29, 0.717) is 28.7 Å². The van der Waals surface area contributed by atoms with Crippen LogP contribution in [0.1, 0.15) is 17.0 Å². The van der Waals surface area contributed by atoms with Crippen molar-refractivity contribution in [2.45, 2.75) is 25.7 Å². The van der Waals surface area contributed by atoms with Crippen LogP contribution in [0.15, 0.2) is 72.1 Å². The lowest BCUT2D eigenvalue weighted by Gasteiger charge is -2.12. The quantitative estimate of drug-likeness (QED) is 0.473. The third-order valence-electron chi connectivity index (χ3n) is 4.64. The van der Waals surface area contributed by atoms with Gasteiger partial charge in [0.25, 0.3) is 10.0 Å². The monoisotopic (exact) mass is 434 g/mol. The average Bonchev–Trinajstić information content (AvgIpc) is 3.26. The van der Waals surface area contributed by atoms with Gasteiger partial charge in [-0.1, -0.05) is 12.1 Å². The van der Waals surface area contributed by atoms with Gasteiger partial charge in [0.05, 0.1) is 4.90 Å². The molecule has 31 heavy (non-hydrogen) atoms. The van der Waals surface area contributed by atoms with Gasteiger partial charge in [0.15, 0.2) is 0 Å². The van der Waals surface area contributed by atoms with Crippen molar-refractivity contribution in [3.8, 4) is 5.82 Å². The Bertz CT molecular complexity index is 1320. The van der Waals surface area contributed by atoms with E-state index in [-0.39, 0.29) is 4.90 Å². The predicted molar refractivity (Wildman–Crippen MR) is 120 cm³/mol. The molecule has 0 amide bonds. The van der Waals surface area contributed by atoms with E-state index in [1.807, 2.05) is 32.2 Å². The maximum absolute atomic E-state index is 12.8. The first kappa shape index (κ1) is 20.5. The summed E-state index contributed by atoms with van der Waals surface area (Å²) in [4.78, 5) is 13.1. The summed E-state index contributed by atoms with van der Waals surface area (Å²) in [5, 5.41) is 3.22. The number of nitrogens with one attached hydrogen (secondary N) is 2. The van der Waals surface area contributed by atoms with Crippen LogP contribution in [0.4, 0.5) is 17.2 Å². The molecule has 0 bridgehead atoms. The molecular weight excluding hydrogens is 412 g/mol. The molecule has 9 heteroatoms. The fourth-order valence-electron chi connectivity index (χ4n) is 3.12. The zero-order valence-corrected chi connectivity index (χ0v) is 18.2. The minimum Gasteiger partial charge on any atom is -0.340 e. The molecule has 0 unspecified atom stereocenters. The number of hydrogen-bond acceptors (Lipinski definition) is 6. The Morgan fingerprint density at radius 3 is 2.35 bits per heavy atom. The Morgan fingerprint density at radius 1 is 0.903 bits per heavy atom. The van der Waals surface area contributed by atoms with Crippen molar-refractivity contribution in [1.29, 1.82) is 0 Å². The molecule has 0 aliphatic carbocycles. The Morgan fingerprint density at radius 2 is 1.65 bits per heavy atom. The number of anilines is 3. The normalized spacial score (nSPS) is 11.3. The molecule has 0 spiro atoms. The van der Waals surface area contributed by atoms with Crippen molar-refractivity contribution in [1.82, 2.24) is 19.5 Å². The third-order valence-corrected chi connectivity index (χ3v) is 6.16. The molecule has 0 radical (unpaired) electrons. The van der Waals surface area contributed by atoms with Crippen molar-refractivity contribution in [2.75, 3.05) is 10.0 Å². The van der Waals surface area contributed by atoms with Gasteiger partial charge in [0.1, 0.15) is 23.8 Å². The van der Waals surface area contributed by atoms with Gasteiger partial charge in [0.2, 0.25) is 0 Å². The molecule has 2 aromatic heterocycles. The van der Waals surface area contributed by atoms with Crippen LogP contribution in [0.25, 0.3) is 5.82 Å². The van der Waals surface area contributed by atoms with Gasteiger partial charge in [-0.05, 0) is 62.2 Å². The Balaban J connectivity index is 1.52. The Kier molecular flexibility index (Phi) is 5.43. The first-order valence-electron chi connectivity index (χ1n) is 9.61. The van der Waals surface area contributed by atoms with Crippen LogP contribution in [-0.2, 0) is 10.0 Å². The topological polar surface area (TPSA) is 102 Å². The van der Waals surface area contributed by atoms with Crippen LogP contribution in [-0.4, -0.2) is 27.9 Å². The zero-order chi connectivity index (χ0) is 22.0. The van der Waals surface area contributed by atoms with Gasteiger partial charge in [0, 0.05) is 29.8 Å². The van der Waals surface area contributed by atoms with Crippen LogP contribution < -0.4 is 10.0 Å². The van der Waals surface area contributed by atoms with Gasteiger partial charge in [-0.3, -0.25) is 9.29 Å². The summed E-state index contributed by atoms with van der Waals surface area (Å²) in [6.07, 6.45) is 5.16. The molecule has 158 valence electrons. The molecular formula is C22H22N6O2S. The van der Waals surface area contributed by atoms with Gasteiger partial charge < -0.3 is 5.32 Å². The first-order valence-corrected chi connectivity index (χ1v) is 11.1. The molecule has 2 aromatic carbocycles. The van der Waals surface area contributed by atoms with Crippen LogP contribution in [0.5, 0.6) is 0 Å². The van der Waals surface area contributed by atoms with Crippen molar-refractivity contribution < 1.29 is 8.42 Å². The summed E-state index contributed by atoms with van der Waals surface area (Å²) in [5.74, 6) is 1.94. The maximum Gasteiger partial charge on any atom is 0.262 e. The van der Waals surface area contributed by atoms with E-state index in [1.54, 1.807) is 60.4 Å². The van der Waals surface area contributed by atoms with Gasteiger partial charge in [-0.2, -0.15) is 0 Å². The lowest BCUT2D eigenvalue weighted by atomic mass is 10.2. The smallest absolute Gasteiger partial charge is 0.262 e. The van der Waals surface area contributed by atoms with Crippen molar-refractivity contribution in [3.05, 3.63) is 84.2 Å². The number of aryl methyl sites for hydroxylation is 3. The van der Waals surface area contributed by atoms with Crippen molar-refractivity contribution >= 4 is 27.2 Å². The molecule has 0 saturated heterocycles. The highest BCUT2D eigenvalue weighted by atomic mass is 32.2. The van der Waals surface area contributed by atoms with E-state index in [9.17, 15) is 8.42 Å². The van der Waals surface area contributed by atoms with E-state index in [2.05, 4.69) is 25.0 Å². The standard InChI is InChI=1S/C22H22N6O2S/c1-15-4-5-16(2)20(12-15)31(29,30)27-19-8-6-18(7-9-19)26-21-13-22(25-17(3)24-21)28-11-10-23-14-28/h4-14,27H,1-3H3,(H,24,25,26). The Labute approximate surface area is 181 Å². The minimum atomic E-state index is -3.67. The van der Waals surface area contributed by atoms with E-state index in [1.165, 1.54) is 0 Å². The van der Waals surface area contributed by atoms with Gasteiger partial charge in [-0.15, -0.1) is 0 Å². The highest BCUT2D eigenvalue weighted by Crippen LogP contribution is 2.23. The van der Waals surface area contributed by atoms with Crippen molar-refractivity contribution in [3.63, 3.8) is 0 Å². The van der Waals surface area contributed by atoms with Crippen LogP contribution in [0.2, 0.25) is 0 Å². The Hall–Kier alpha value is -3.72. The fourth-order valence-corrected chi connectivity index (χ4v) is 4.51. The van der Waals surface area contributed by atoms with Gasteiger partial charge in [-0.25, -0.2) is 23.4 Å². The summed E-state index contributed by atoms with van der Waals surface area (Å²) in [6, 6.07) is 14.2. The van der Waals surface area contributed by atoms with E-state index >= 15 is 0 Å². The second-order valence-corrected chi connectivity index (χ2v) is 8.86. The average molecular weight is 435 g/mol. The number of hydrogen-bond donors (Lipinski definition) is 2. The summed E-state index contributed by atoms with van der Waals surface area (Å²) in [5.41, 5.74) is 2.83. The number of sulfonamides is 1. The molecule has 2 heterocycles. The summed E-state index contributed by atoms with van der Waals surface area (Å²) in [7, 11) is -3.67. The lowest BCUT2D eigenvalue weighted by molar-refractivity contribution is 0.600. The van der Waals surface area contributed by atoms with Gasteiger partial charge >= 0.3 is 0 Å². The molecule has 0 aliphatic rings. The predicted octanol–water partition coefficient (Wildman–Crippen LogP) is 4.13. The molecule has 0 atom stereocenters. The fraction of sp³-hybridized carbons (Fsp3) is 0.136. The second kappa shape index (κ2) is 8.19. The molecule has 4 aromatic rings. The largest absolute Gasteiger partial charge is 0.340 e. The summed E-state index contributed by atoms with van der Waals surface area (Å²) < 4.78 is 30.0. The molecule has 8 nitrogen and oxygen atoms in total. The lowest BCUT2D eigenvalue weighted by Crippen LogP contribution is -2.14. The van der Waals surface area contributed by atoms with E-state index < -0.39 is 10.0 Å². The molecule has 4 rings (SSSR count). The van der Waals surface area contributed by atoms with E-state index in [0.717, 1.165) is 11.3 Å². The molecule has 0 saturated carbocycles. The zero-order valence-electron chi connectivity index (χ0n) is 17.4. The van der Waals surface area contributed by atoms with Crippen LogP contribution >= 0.6 is 0 Å². The number of imidazole rings is 1. The van der Waals surface area contributed by atoms with Crippen molar-refractivity contribution in [2.24, 2.45) is 0 Å². The summed E-state index contributed by atoms with van der Waals surface area (Å²) in [6.45, 7) is 5.46. The minimum absolute atomic E-state index is 0.276. The second-order valence-electron chi connectivity index (χ2n) is 7.21. The maximum atomic E-state index is 12.8. The number of benzene rings is 2. The molecule has 0 aliphatic heterocycles. The SMILES string of the molecule is Cc1ccc(C)c(S(=O)(=O)Nc2ccc(Nc3cc(-n4ccnc4)nc(C)n3)cc2)c1. The molecule has 2 N–H and O–H groups in total. The third kappa shape index (κ3) is 4.72. The van der Waals surface area contributed by atoms with Crippen LogP contribution in [0, 0.1) is 20.8 Å². The van der Waals surface area contributed by atoms with Crippen LogP contribution in [0.3, 0.4) is 0 Å². The number of nitrogens with zero attached hydrogens (tertiary/aromatic N) is 4. The number of rotatable bonds is 6. The highest BCUT2D eigenvalue weighted by molar-refractivity contribution is 7.92.